The van der Waals surface area contributed by atoms with Crippen LogP contribution in [0.15, 0.2) is 29.2 Å². The van der Waals surface area contributed by atoms with E-state index in [-0.39, 0.29) is 11.4 Å². The zero-order chi connectivity index (χ0) is 18.6. The normalized spacial score (nSPS) is 14.5. The molecule has 11 heteroatoms. The maximum atomic E-state index is 12.9. The van der Waals surface area contributed by atoms with Gasteiger partial charge in [-0.3, -0.25) is 14.5 Å². The number of carbonyl (C=O) groups excluding carboxylic acids is 3. The van der Waals surface area contributed by atoms with E-state index in [0.717, 1.165) is 40.5 Å². The Kier molecular flexibility index (Phi) is 5.69. The molecule has 2 rings (SSSR count). The molecule has 0 aromatic heterocycles. The molecule has 0 atom stereocenters. The van der Waals surface area contributed by atoms with Crippen molar-refractivity contribution >= 4 is 27.9 Å². The predicted octanol–water partition coefficient (Wildman–Crippen LogP) is -0.459. The van der Waals surface area contributed by atoms with Crippen LogP contribution in [0.1, 0.15) is 0 Å². The molecule has 0 radical (unpaired) electrons. The van der Waals surface area contributed by atoms with Gasteiger partial charge in [-0.1, -0.05) is 0 Å². The van der Waals surface area contributed by atoms with E-state index in [2.05, 4.69) is 5.32 Å². The zero-order valence-corrected chi connectivity index (χ0v) is 14.1. The van der Waals surface area contributed by atoms with Crippen molar-refractivity contribution in [3.05, 3.63) is 30.1 Å². The lowest BCUT2D eigenvalue weighted by Crippen LogP contribution is -2.38. The smallest absolute Gasteiger partial charge is 0.324 e. The molecule has 9 nitrogen and oxygen atoms in total. The minimum absolute atomic E-state index is 0.175. The van der Waals surface area contributed by atoms with Gasteiger partial charge in [0.2, 0.25) is 10.0 Å². The van der Waals surface area contributed by atoms with Gasteiger partial charge < -0.3 is 10.1 Å². The van der Waals surface area contributed by atoms with Crippen molar-refractivity contribution in [2.45, 2.75) is 4.90 Å². The molecule has 3 amide bonds. The van der Waals surface area contributed by atoms with Crippen molar-refractivity contribution in [1.82, 2.24) is 14.5 Å². The SMILES string of the molecule is CN(CC(=O)OCC(=O)N1CCNC1=O)S(=O)(=O)c1ccc(F)cc1. The highest BCUT2D eigenvalue weighted by Gasteiger charge is 2.28. The molecule has 0 spiro atoms. The highest BCUT2D eigenvalue weighted by molar-refractivity contribution is 7.89. The van der Waals surface area contributed by atoms with Crippen LogP contribution < -0.4 is 5.32 Å². The van der Waals surface area contributed by atoms with Gasteiger partial charge in [0, 0.05) is 20.1 Å². The monoisotopic (exact) mass is 373 g/mol. The van der Waals surface area contributed by atoms with Gasteiger partial charge in [0.05, 0.1) is 4.90 Å². The number of hydrogen-bond donors (Lipinski definition) is 1. The Morgan fingerprint density at radius 3 is 2.52 bits per heavy atom. The first-order valence-corrected chi connectivity index (χ1v) is 8.61. The first-order valence-electron chi connectivity index (χ1n) is 7.17. The summed E-state index contributed by atoms with van der Waals surface area (Å²) < 4.78 is 42.8. The van der Waals surface area contributed by atoms with Gasteiger partial charge >= 0.3 is 12.0 Å². The van der Waals surface area contributed by atoms with E-state index in [1.54, 1.807) is 0 Å². The van der Waals surface area contributed by atoms with Crippen LogP contribution in [0.4, 0.5) is 9.18 Å². The number of urea groups is 1. The molecule has 1 fully saturated rings. The molecule has 0 aliphatic carbocycles. The number of sulfonamides is 1. The lowest BCUT2D eigenvalue weighted by molar-refractivity contribution is -0.150. The number of carbonyl (C=O) groups is 3. The van der Waals surface area contributed by atoms with E-state index in [0.29, 0.717) is 6.54 Å². The number of likely N-dealkylation sites (N-methyl/N-ethyl adjacent to an activating group) is 1. The van der Waals surface area contributed by atoms with Gasteiger partial charge in [0.1, 0.15) is 12.4 Å². The number of hydrogen-bond acceptors (Lipinski definition) is 6. The number of nitrogens with zero attached hydrogens (tertiary/aromatic N) is 2. The van der Waals surface area contributed by atoms with Crippen LogP contribution in [0.2, 0.25) is 0 Å². The third kappa shape index (κ3) is 4.51. The van der Waals surface area contributed by atoms with E-state index in [4.69, 9.17) is 4.74 Å². The molecule has 1 N–H and O–H groups in total. The minimum Gasteiger partial charge on any atom is -0.455 e. The second-order valence-electron chi connectivity index (χ2n) is 5.15. The third-order valence-electron chi connectivity index (χ3n) is 3.39. The number of ether oxygens (including phenoxy) is 1. The molecule has 1 aromatic carbocycles. The number of nitrogens with one attached hydrogen (secondary N) is 1. The average molecular weight is 373 g/mol. The topological polar surface area (TPSA) is 113 Å². The molecule has 1 saturated heterocycles. The third-order valence-corrected chi connectivity index (χ3v) is 5.21. The summed E-state index contributed by atoms with van der Waals surface area (Å²) in [5, 5.41) is 2.42. The lowest BCUT2D eigenvalue weighted by Gasteiger charge is -2.17. The second-order valence-corrected chi connectivity index (χ2v) is 7.20. The van der Waals surface area contributed by atoms with Crippen LogP contribution in [-0.4, -0.2) is 68.8 Å². The molecule has 1 aromatic rings. The van der Waals surface area contributed by atoms with Gasteiger partial charge in [0.25, 0.3) is 5.91 Å². The molecular formula is C14H16FN3O6S. The highest BCUT2D eigenvalue weighted by atomic mass is 32.2. The summed E-state index contributed by atoms with van der Waals surface area (Å²) in [4.78, 5) is 35.4. The second kappa shape index (κ2) is 7.57. The predicted molar refractivity (Wildman–Crippen MR) is 82.3 cm³/mol. The Bertz CT molecular complexity index is 780. The number of benzene rings is 1. The minimum atomic E-state index is -4.01. The summed E-state index contributed by atoms with van der Waals surface area (Å²) in [6, 6.07) is 3.54. The van der Waals surface area contributed by atoms with Crippen molar-refractivity contribution in [2.75, 3.05) is 33.3 Å². The van der Waals surface area contributed by atoms with Crippen molar-refractivity contribution < 1.29 is 31.9 Å². The first kappa shape index (κ1) is 18.8. The Morgan fingerprint density at radius 1 is 1.32 bits per heavy atom. The quantitative estimate of drug-likeness (QED) is 0.675. The molecule has 0 unspecified atom stereocenters. The van der Waals surface area contributed by atoms with Crippen LogP contribution in [-0.2, 0) is 24.3 Å². The zero-order valence-electron chi connectivity index (χ0n) is 13.3. The number of rotatable bonds is 6. The van der Waals surface area contributed by atoms with Crippen LogP contribution in [0.3, 0.4) is 0 Å². The molecule has 25 heavy (non-hydrogen) atoms. The van der Waals surface area contributed by atoms with Crippen LogP contribution in [0.5, 0.6) is 0 Å². The molecule has 0 bridgehead atoms. The maximum Gasteiger partial charge on any atom is 0.324 e. The summed E-state index contributed by atoms with van der Waals surface area (Å²) in [5.74, 6) is -2.25. The van der Waals surface area contributed by atoms with Gasteiger partial charge in [-0.2, -0.15) is 4.31 Å². The number of esters is 1. The van der Waals surface area contributed by atoms with Crippen LogP contribution in [0.25, 0.3) is 0 Å². The fraction of sp³-hybridized carbons (Fsp3) is 0.357. The highest BCUT2D eigenvalue weighted by Crippen LogP contribution is 2.14. The van der Waals surface area contributed by atoms with Gasteiger partial charge in [0.15, 0.2) is 6.61 Å². The Hall–Kier alpha value is -2.53. The summed E-state index contributed by atoms with van der Waals surface area (Å²) in [7, 11) is -2.86. The van der Waals surface area contributed by atoms with E-state index in [9.17, 15) is 27.2 Å². The van der Waals surface area contributed by atoms with Crippen molar-refractivity contribution in [3.8, 4) is 0 Å². The number of imide groups is 1. The van der Waals surface area contributed by atoms with Gasteiger partial charge in [-0.05, 0) is 24.3 Å². The summed E-state index contributed by atoms with van der Waals surface area (Å²) in [6.07, 6.45) is 0. The van der Waals surface area contributed by atoms with Gasteiger partial charge in [-0.25, -0.2) is 17.6 Å². The van der Waals surface area contributed by atoms with Crippen molar-refractivity contribution in [3.63, 3.8) is 0 Å². The molecule has 136 valence electrons. The van der Waals surface area contributed by atoms with Crippen molar-refractivity contribution in [2.24, 2.45) is 0 Å². The fourth-order valence-corrected chi connectivity index (χ4v) is 3.14. The average Bonchev–Trinajstić information content (AvgIpc) is 2.99. The summed E-state index contributed by atoms with van der Waals surface area (Å²) in [5.41, 5.74) is 0. The number of amides is 3. The Labute approximate surface area is 143 Å². The summed E-state index contributed by atoms with van der Waals surface area (Å²) in [6.45, 7) is -0.818. The van der Waals surface area contributed by atoms with E-state index >= 15 is 0 Å². The summed E-state index contributed by atoms with van der Waals surface area (Å²) >= 11 is 0. The largest absolute Gasteiger partial charge is 0.455 e. The standard InChI is InChI=1S/C14H16FN3O6S/c1-17(25(22,23)11-4-2-10(15)3-5-11)8-13(20)24-9-12(19)18-7-6-16-14(18)21/h2-5H,6-9H2,1H3,(H,16,21). The Morgan fingerprint density at radius 2 is 1.96 bits per heavy atom. The van der Waals surface area contributed by atoms with Crippen LogP contribution in [0, 0.1) is 5.82 Å². The van der Waals surface area contributed by atoms with Crippen molar-refractivity contribution in [1.29, 1.82) is 0 Å². The molecule has 0 saturated carbocycles. The van der Waals surface area contributed by atoms with Crippen LogP contribution >= 0.6 is 0 Å². The lowest BCUT2D eigenvalue weighted by atomic mass is 10.4. The van der Waals surface area contributed by atoms with E-state index in [1.165, 1.54) is 0 Å². The van der Waals surface area contributed by atoms with Gasteiger partial charge in [-0.15, -0.1) is 0 Å². The maximum absolute atomic E-state index is 12.9. The molecule has 1 aliphatic rings. The van der Waals surface area contributed by atoms with E-state index in [1.807, 2.05) is 0 Å². The number of halogens is 1. The van der Waals surface area contributed by atoms with E-state index < -0.39 is 46.9 Å². The fourth-order valence-electron chi connectivity index (χ4n) is 2.03. The Balaban J connectivity index is 1.90. The first-order chi connectivity index (χ1) is 11.7. The molecular weight excluding hydrogens is 357 g/mol. The molecule has 1 heterocycles. The molecule has 1 aliphatic heterocycles.